The van der Waals surface area contributed by atoms with Crippen molar-refractivity contribution in [3.63, 3.8) is 0 Å². The first-order valence-electron chi connectivity index (χ1n) is 10.0. The lowest BCUT2D eigenvalue weighted by atomic mass is 9.98. The molecule has 156 valence electrons. The normalized spacial score (nSPS) is 19.8. The summed E-state index contributed by atoms with van der Waals surface area (Å²) in [5, 5.41) is 11.7. The van der Waals surface area contributed by atoms with E-state index in [1.54, 1.807) is 0 Å². The number of nitrogens with one attached hydrogen (secondary N) is 1. The van der Waals surface area contributed by atoms with Gasteiger partial charge in [0, 0.05) is 19.0 Å². The standard InChI is InChI=1S/C23H24N2O5/c1-14-11-25(12-19(14)22(27)28)21(26)10-24-23(29)30-13-20-17-8-4-2-6-15(17)16-7-3-5-9-18(16)20/h2-9,14,19-20H,10-13H2,1H3,(H,24,29)(H,27,28). The third-order valence-corrected chi connectivity index (χ3v) is 6.01. The summed E-state index contributed by atoms with van der Waals surface area (Å²) in [7, 11) is 0. The van der Waals surface area contributed by atoms with Crippen LogP contribution in [0.15, 0.2) is 48.5 Å². The first kappa shape index (κ1) is 19.9. The topological polar surface area (TPSA) is 95.9 Å². The number of hydrogen-bond donors (Lipinski definition) is 2. The molecule has 2 aromatic carbocycles. The van der Waals surface area contributed by atoms with Crippen LogP contribution in [0, 0.1) is 11.8 Å². The molecule has 4 rings (SSSR count). The first-order valence-corrected chi connectivity index (χ1v) is 10.0. The van der Waals surface area contributed by atoms with Crippen molar-refractivity contribution in [1.82, 2.24) is 10.2 Å². The maximum Gasteiger partial charge on any atom is 0.407 e. The van der Waals surface area contributed by atoms with Gasteiger partial charge in [-0.3, -0.25) is 9.59 Å². The molecule has 1 aliphatic heterocycles. The SMILES string of the molecule is CC1CN(C(=O)CNC(=O)OCC2c3ccccc3-c3ccccc32)CC1C(=O)O. The molecule has 1 saturated heterocycles. The number of rotatable bonds is 5. The zero-order valence-electron chi connectivity index (χ0n) is 16.7. The van der Waals surface area contributed by atoms with Crippen LogP contribution in [0.5, 0.6) is 0 Å². The highest BCUT2D eigenvalue weighted by Crippen LogP contribution is 2.44. The Morgan fingerprint density at radius 3 is 2.20 bits per heavy atom. The molecule has 1 fully saturated rings. The molecule has 7 heteroatoms. The van der Waals surface area contributed by atoms with Crippen molar-refractivity contribution in [1.29, 1.82) is 0 Å². The Kier molecular flexibility index (Phi) is 5.44. The number of fused-ring (bicyclic) bond motifs is 3. The lowest BCUT2D eigenvalue weighted by Gasteiger charge is -2.17. The molecular formula is C23H24N2O5. The lowest BCUT2D eigenvalue weighted by Crippen LogP contribution is -2.40. The van der Waals surface area contributed by atoms with E-state index >= 15 is 0 Å². The molecule has 2 atom stereocenters. The molecular weight excluding hydrogens is 384 g/mol. The summed E-state index contributed by atoms with van der Waals surface area (Å²) in [6.07, 6.45) is -0.660. The van der Waals surface area contributed by atoms with Crippen LogP contribution >= 0.6 is 0 Å². The Balaban J connectivity index is 1.32. The molecule has 0 bridgehead atoms. The van der Waals surface area contributed by atoms with Gasteiger partial charge in [0.1, 0.15) is 13.2 Å². The van der Waals surface area contributed by atoms with Crippen LogP contribution in [-0.2, 0) is 14.3 Å². The summed E-state index contributed by atoms with van der Waals surface area (Å²) in [5.41, 5.74) is 4.53. The second-order valence-corrected chi connectivity index (χ2v) is 7.90. The molecule has 2 aliphatic rings. The van der Waals surface area contributed by atoms with Gasteiger partial charge in [-0.15, -0.1) is 0 Å². The van der Waals surface area contributed by atoms with Gasteiger partial charge in [-0.05, 0) is 28.2 Å². The van der Waals surface area contributed by atoms with Crippen LogP contribution in [0.25, 0.3) is 11.1 Å². The van der Waals surface area contributed by atoms with E-state index in [4.69, 9.17) is 4.74 Å². The van der Waals surface area contributed by atoms with Crippen molar-refractivity contribution in [2.75, 3.05) is 26.2 Å². The van der Waals surface area contributed by atoms with Gasteiger partial charge in [-0.1, -0.05) is 55.5 Å². The maximum atomic E-state index is 12.3. The number of amides is 2. The molecule has 30 heavy (non-hydrogen) atoms. The molecule has 2 aromatic rings. The van der Waals surface area contributed by atoms with Crippen molar-refractivity contribution in [3.05, 3.63) is 59.7 Å². The van der Waals surface area contributed by atoms with Gasteiger partial charge in [0.25, 0.3) is 0 Å². The second-order valence-electron chi connectivity index (χ2n) is 7.90. The summed E-state index contributed by atoms with van der Waals surface area (Å²) in [6, 6.07) is 16.1. The fraction of sp³-hybridized carbons (Fsp3) is 0.348. The summed E-state index contributed by atoms with van der Waals surface area (Å²) >= 11 is 0. The molecule has 2 amide bonds. The minimum absolute atomic E-state index is 0.0467. The molecule has 7 nitrogen and oxygen atoms in total. The van der Waals surface area contributed by atoms with Crippen LogP contribution in [0.1, 0.15) is 24.0 Å². The minimum atomic E-state index is -0.901. The van der Waals surface area contributed by atoms with E-state index in [0.717, 1.165) is 22.3 Å². The van der Waals surface area contributed by atoms with Crippen LogP contribution in [-0.4, -0.2) is 54.2 Å². The fourth-order valence-electron chi connectivity index (χ4n) is 4.40. The van der Waals surface area contributed by atoms with Gasteiger partial charge in [0.05, 0.1) is 5.92 Å². The smallest absolute Gasteiger partial charge is 0.407 e. The Hall–Kier alpha value is -3.35. The van der Waals surface area contributed by atoms with Gasteiger partial charge in [0.2, 0.25) is 5.91 Å². The average molecular weight is 408 g/mol. The number of carbonyl (C=O) groups excluding carboxylic acids is 2. The van der Waals surface area contributed by atoms with E-state index < -0.39 is 18.0 Å². The summed E-state index contributed by atoms with van der Waals surface area (Å²) in [6.45, 7) is 2.32. The molecule has 0 saturated carbocycles. The number of aliphatic carboxylic acids is 1. The van der Waals surface area contributed by atoms with Gasteiger partial charge in [0.15, 0.2) is 0 Å². The van der Waals surface area contributed by atoms with Crippen LogP contribution < -0.4 is 5.32 Å². The monoisotopic (exact) mass is 408 g/mol. The summed E-state index contributed by atoms with van der Waals surface area (Å²) in [4.78, 5) is 37.2. The van der Waals surface area contributed by atoms with E-state index in [9.17, 15) is 19.5 Å². The Morgan fingerprint density at radius 2 is 1.63 bits per heavy atom. The van der Waals surface area contributed by atoms with E-state index in [2.05, 4.69) is 17.4 Å². The fourth-order valence-corrected chi connectivity index (χ4v) is 4.40. The minimum Gasteiger partial charge on any atom is -0.481 e. The van der Waals surface area contributed by atoms with Crippen molar-refractivity contribution in [3.8, 4) is 11.1 Å². The van der Waals surface area contributed by atoms with Crippen molar-refractivity contribution in [2.45, 2.75) is 12.8 Å². The number of carbonyl (C=O) groups is 3. The largest absolute Gasteiger partial charge is 0.481 e. The highest BCUT2D eigenvalue weighted by molar-refractivity contribution is 5.84. The Morgan fingerprint density at radius 1 is 1.03 bits per heavy atom. The number of benzene rings is 2. The number of carboxylic acids is 1. The third kappa shape index (κ3) is 3.75. The Bertz CT molecular complexity index is 944. The number of hydrogen-bond acceptors (Lipinski definition) is 4. The quantitative estimate of drug-likeness (QED) is 0.793. The van der Waals surface area contributed by atoms with Crippen molar-refractivity contribution < 1.29 is 24.2 Å². The maximum absolute atomic E-state index is 12.3. The zero-order chi connectivity index (χ0) is 21.3. The molecule has 2 N–H and O–H groups in total. The van der Waals surface area contributed by atoms with Crippen LogP contribution in [0.2, 0.25) is 0 Å². The molecule has 0 spiro atoms. The third-order valence-electron chi connectivity index (χ3n) is 6.01. The highest BCUT2D eigenvalue weighted by atomic mass is 16.5. The highest BCUT2D eigenvalue weighted by Gasteiger charge is 2.37. The molecule has 0 aromatic heterocycles. The van der Waals surface area contributed by atoms with Crippen molar-refractivity contribution in [2.24, 2.45) is 11.8 Å². The number of carboxylic acid groups (broad SMARTS) is 1. The summed E-state index contributed by atoms with van der Waals surface area (Å²) < 4.78 is 5.42. The second kappa shape index (κ2) is 8.18. The first-order chi connectivity index (χ1) is 14.5. The number of likely N-dealkylation sites (tertiary alicyclic amines) is 1. The predicted molar refractivity (Wildman–Crippen MR) is 110 cm³/mol. The van der Waals surface area contributed by atoms with Gasteiger partial charge in [-0.25, -0.2) is 4.79 Å². The van der Waals surface area contributed by atoms with E-state index in [1.807, 2.05) is 43.3 Å². The van der Waals surface area contributed by atoms with Crippen LogP contribution in [0.4, 0.5) is 4.79 Å². The molecule has 0 radical (unpaired) electrons. The summed E-state index contributed by atoms with van der Waals surface area (Å²) in [5.74, 6) is -1.93. The van der Waals surface area contributed by atoms with E-state index in [1.165, 1.54) is 4.90 Å². The molecule has 2 unspecified atom stereocenters. The lowest BCUT2D eigenvalue weighted by molar-refractivity contribution is -0.142. The van der Waals surface area contributed by atoms with E-state index in [0.29, 0.717) is 6.54 Å². The van der Waals surface area contributed by atoms with Crippen molar-refractivity contribution >= 4 is 18.0 Å². The van der Waals surface area contributed by atoms with Gasteiger partial charge >= 0.3 is 12.1 Å². The number of nitrogens with zero attached hydrogens (tertiary/aromatic N) is 1. The predicted octanol–water partition coefficient (Wildman–Crippen LogP) is 2.70. The molecule has 1 heterocycles. The van der Waals surface area contributed by atoms with Gasteiger partial charge in [-0.2, -0.15) is 0 Å². The molecule has 1 aliphatic carbocycles. The average Bonchev–Trinajstić information content (AvgIpc) is 3.29. The number of alkyl carbamates (subject to hydrolysis) is 1. The van der Waals surface area contributed by atoms with E-state index in [-0.39, 0.29) is 37.4 Å². The Labute approximate surface area is 174 Å². The van der Waals surface area contributed by atoms with Gasteiger partial charge < -0.3 is 20.1 Å². The zero-order valence-corrected chi connectivity index (χ0v) is 16.7. The number of ether oxygens (including phenoxy) is 1. The van der Waals surface area contributed by atoms with Crippen LogP contribution in [0.3, 0.4) is 0 Å².